The minimum absolute atomic E-state index is 0.0118. The average Bonchev–Trinajstić information content (AvgIpc) is 2.96. The van der Waals surface area contributed by atoms with Gasteiger partial charge in [0.1, 0.15) is 11.8 Å². The number of para-hydroxylation sites is 1. The lowest BCUT2D eigenvalue weighted by Crippen LogP contribution is -2.51. The second-order valence-electron chi connectivity index (χ2n) is 7.64. The van der Waals surface area contributed by atoms with E-state index in [1.807, 2.05) is 0 Å². The molecule has 1 amide bonds. The third kappa shape index (κ3) is 4.77. The normalized spacial score (nSPS) is 16.9. The molecule has 3 rings (SSSR count). The van der Waals surface area contributed by atoms with Crippen LogP contribution in [0.4, 0.5) is 5.69 Å². The minimum Gasteiger partial charge on any atom is -0.497 e. The van der Waals surface area contributed by atoms with E-state index in [4.69, 9.17) is 9.47 Å². The van der Waals surface area contributed by atoms with Gasteiger partial charge in [-0.3, -0.25) is 9.59 Å². The van der Waals surface area contributed by atoms with Gasteiger partial charge in [-0.2, -0.15) is 4.31 Å². The molecule has 0 saturated carbocycles. The number of anilines is 1. The number of carbonyl (C=O) groups excluding carboxylic acids is 2. The Balaban J connectivity index is 2.11. The number of ether oxygens (including phenoxy) is 2. The first-order valence-corrected chi connectivity index (χ1v) is 11.4. The first kappa shape index (κ1) is 23.7. The zero-order chi connectivity index (χ0) is 23.5. The summed E-state index contributed by atoms with van der Waals surface area (Å²) in [5.41, 5.74) is 1.18. The van der Waals surface area contributed by atoms with Crippen molar-refractivity contribution in [2.24, 2.45) is 0 Å². The third-order valence-electron chi connectivity index (χ3n) is 5.20. The highest BCUT2D eigenvalue weighted by molar-refractivity contribution is 7.89. The first-order chi connectivity index (χ1) is 15.2. The fourth-order valence-corrected chi connectivity index (χ4v) is 5.15. The number of esters is 1. The smallest absolute Gasteiger partial charge is 0.326 e. The Morgan fingerprint density at radius 1 is 1.06 bits per heavy atom. The van der Waals surface area contributed by atoms with Gasteiger partial charge in [-0.05, 0) is 50.0 Å². The van der Waals surface area contributed by atoms with E-state index in [0.717, 1.165) is 4.31 Å². The van der Waals surface area contributed by atoms with Crippen molar-refractivity contribution in [2.75, 3.05) is 46.3 Å². The van der Waals surface area contributed by atoms with E-state index in [-0.39, 0.29) is 30.4 Å². The van der Waals surface area contributed by atoms with Crippen LogP contribution in [0.25, 0.3) is 0 Å². The molecule has 0 spiro atoms. The molecule has 10 heteroatoms. The van der Waals surface area contributed by atoms with Crippen LogP contribution >= 0.6 is 0 Å². The summed E-state index contributed by atoms with van der Waals surface area (Å²) in [6.45, 7) is -0.144. The van der Waals surface area contributed by atoms with Crippen molar-refractivity contribution in [1.29, 1.82) is 0 Å². The zero-order valence-corrected chi connectivity index (χ0v) is 19.3. The SMILES string of the molecule is COC(=O)C1CN(C(=O)CN(C)C)c2ccccc2CN1S(=O)(=O)c1ccc(OC)cc1. The van der Waals surface area contributed by atoms with E-state index < -0.39 is 22.0 Å². The lowest BCUT2D eigenvalue weighted by molar-refractivity contribution is -0.145. The highest BCUT2D eigenvalue weighted by Gasteiger charge is 2.42. The number of sulfonamides is 1. The standard InChI is InChI=1S/C22H27N3O6S/c1-23(2)15-21(26)24-14-20(22(27)31-4)25(13-16-7-5-6-8-19(16)24)32(28,29)18-11-9-17(30-3)10-12-18/h5-12,20H,13-15H2,1-4H3. The van der Waals surface area contributed by atoms with Crippen molar-refractivity contribution in [3.8, 4) is 5.75 Å². The molecular weight excluding hydrogens is 434 g/mol. The molecule has 9 nitrogen and oxygen atoms in total. The number of likely N-dealkylation sites (N-methyl/N-ethyl adjacent to an activating group) is 1. The quantitative estimate of drug-likeness (QED) is 0.599. The van der Waals surface area contributed by atoms with E-state index in [1.165, 1.54) is 31.3 Å². The zero-order valence-electron chi connectivity index (χ0n) is 18.5. The molecule has 2 aromatic carbocycles. The lowest BCUT2D eigenvalue weighted by atomic mass is 10.1. The summed E-state index contributed by atoms with van der Waals surface area (Å²) in [4.78, 5) is 29.0. The summed E-state index contributed by atoms with van der Waals surface area (Å²) < 4.78 is 38.3. The predicted octanol–water partition coefficient (Wildman–Crippen LogP) is 1.34. The number of hydrogen-bond acceptors (Lipinski definition) is 7. The second-order valence-corrected chi connectivity index (χ2v) is 9.53. The Morgan fingerprint density at radius 2 is 1.72 bits per heavy atom. The molecule has 0 aromatic heterocycles. The van der Waals surface area contributed by atoms with Crippen molar-refractivity contribution in [3.05, 3.63) is 54.1 Å². The second kappa shape index (κ2) is 9.68. The molecule has 2 aromatic rings. The molecule has 32 heavy (non-hydrogen) atoms. The van der Waals surface area contributed by atoms with Crippen LogP contribution in [0.15, 0.2) is 53.4 Å². The maximum atomic E-state index is 13.6. The molecule has 1 unspecified atom stereocenters. The Labute approximate surface area is 188 Å². The van der Waals surface area contributed by atoms with Gasteiger partial charge >= 0.3 is 5.97 Å². The fraction of sp³-hybridized carbons (Fsp3) is 0.364. The Kier molecular flexibility index (Phi) is 7.17. The van der Waals surface area contributed by atoms with Gasteiger partial charge < -0.3 is 19.3 Å². The average molecular weight is 462 g/mol. The van der Waals surface area contributed by atoms with Crippen LogP contribution in [0.1, 0.15) is 5.56 Å². The fourth-order valence-electron chi connectivity index (χ4n) is 3.60. The van der Waals surface area contributed by atoms with Gasteiger partial charge in [-0.25, -0.2) is 8.42 Å². The summed E-state index contributed by atoms with van der Waals surface area (Å²) >= 11 is 0. The molecule has 172 valence electrons. The van der Waals surface area contributed by atoms with Crippen LogP contribution in [0.3, 0.4) is 0 Å². The number of nitrogens with zero attached hydrogens (tertiary/aromatic N) is 3. The molecule has 0 bridgehead atoms. The minimum atomic E-state index is -4.10. The van der Waals surface area contributed by atoms with Crippen LogP contribution in [0.5, 0.6) is 5.75 Å². The largest absolute Gasteiger partial charge is 0.497 e. The van der Waals surface area contributed by atoms with Crippen molar-refractivity contribution >= 4 is 27.6 Å². The molecule has 0 radical (unpaired) electrons. The molecule has 0 N–H and O–H groups in total. The van der Waals surface area contributed by atoms with Crippen LogP contribution in [0.2, 0.25) is 0 Å². The van der Waals surface area contributed by atoms with Crippen molar-refractivity contribution in [3.63, 3.8) is 0 Å². The molecule has 1 aliphatic rings. The van der Waals surface area contributed by atoms with E-state index in [0.29, 0.717) is 17.0 Å². The van der Waals surface area contributed by atoms with Crippen molar-refractivity contribution < 1.29 is 27.5 Å². The highest BCUT2D eigenvalue weighted by Crippen LogP contribution is 2.32. The Morgan fingerprint density at radius 3 is 2.31 bits per heavy atom. The Bertz CT molecular complexity index is 1090. The summed E-state index contributed by atoms with van der Waals surface area (Å²) in [5, 5.41) is 0. The van der Waals surface area contributed by atoms with Gasteiger partial charge in [-0.15, -0.1) is 0 Å². The third-order valence-corrected chi connectivity index (χ3v) is 7.07. The molecule has 1 atom stereocenters. The first-order valence-electron chi connectivity index (χ1n) is 9.95. The number of amides is 1. The van der Waals surface area contributed by atoms with E-state index in [2.05, 4.69) is 0 Å². The number of hydrogen-bond donors (Lipinski definition) is 0. The number of fused-ring (bicyclic) bond motifs is 1. The van der Waals surface area contributed by atoms with Crippen LogP contribution < -0.4 is 9.64 Å². The maximum absolute atomic E-state index is 13.6. The van der Waals surface area contributed by atoms with Crippen molar-refractivity contribution in [2.45, 2.75) is 17.5 Å². The molecule has 0 fully saturated rings. The summed E-state index contributed by atoms with van der Waals surface area (Å²) in [6.07, 6.45) is 0. The van der Waals surface area contributed by atoms with Crippen molar-refractivity contribution in [1.82, 2.24) is 9.21 Å². The molecule has 1 aliphatic heterocycles. The molecular formula is C22H27N3O6S. The van der Waals surface area contributed by atoms with E-state index >= 15 is 0 Å². The molecule has 0 aliphatic carbocycles. The molecule has 1 heterocycles. The summed E-state index contributed by atoms with van der Waals surface area (Å²) in [5.74, 6) is -0.479. The van der Waals surface area contributed by atoms with Gasteiger partial charge in [0, 0.05) is 12.2 Å². The van der Waals surface area contributed by atoms with Gasteiger partial charge in [-0.1, -0.05) is 18.2 Å². The van der Waals surface area contributed by atoms with Gasteiger partial charge in [0.15, 0.2) is 0 Å². The number of carbonyl (C=O) groups is 2. The number of benzene rings is 2. The lowest BCUT2D eigenvalue weighted by Gasteiger charge is -2.29. The van der Waals surface area contributed by atoms with Gasteiger partial charge in [0.05, 0.1) is 32.2 Å². The van der Waals surface area contributed by atoms with Crippen LogP contribution in [0, 0.1) is 0 Å². The van der Waals surface area contributed by atoms with Crippen LogP contribution in [-0.2, 0) is 30.9 Å². The van der Waals surface area contributed by atoms with E-state index in [1.54, 1.807) is 55.4 Å². The monoisotopic (exact) mass is 461 g/mol. The van der Waals surface area contributed by atoms with Gasteiger partial charge in [0.25, 0.3) is 0 Å². The highest BCUT2D eigenvalue weighted by atomic mass is 32.2. The van der Waals surface area contributed by atoms with E-state index in [9.17, 15) is 18.0 Å². The maximum Gasteiger partial charge on any atom is 0.326 e. The predicted molar refractivity (Wildman–Crippen MR) is 119 cm³/mol. The van der Waals surface area contributed by atoms with Gasteiger partial charge in [0.2, 0.25) is 15.9 Å². The summed E-state index contributed by atoms with van der Waals surface area (Å²) in [7, 11) is 2.11. The molecule has 0 saturated heterocycles. The number of methoxy groups -OCH3 is 2. The summed E-state index contributed by atoms with van der Waals surface area (Å²) in [6, 6.07) is 11.8. The van der Waals surface area contributed by atoms with Crippen LogP contribution in [-0.4, -0.2) is 76.9 Å². The topological polar surface area (TPSA) is 96.5 Å². The Hall–Kier alpha value is -2.95. The number of rotatable bonds is 6.